The molecule has 0 aliphatic carbocycles. The van der Waals surface area contributed by atoms with E-state index in [1.165, 1.54) is 0 Å². The molecule has 0 amide bonds. The molecular formula is C7H11F3N4. The summed E-state index contributed by atoms with van der Waals surface area (Å²) in [6.45, 7) is 0.632. The average molecular weight is 208 g/mol. The van der Waals surface area contributed by atoms with Crippen molar-refractivity contribution in [3.63, 3.8) is 0 Å². The van der Waals surface area contributed by atoms with Crippen molar-refractivity contribution in [1.29, 1.82) is 10.8 Å². The van der Waals surface area contributed by atoms with Crippen molar-refractivity contribution in [2.45, 2.75) is 6.18 Å². The maximum absolute atomic E-state index is 12.1. The number of nitrogens with one attached hydrogen (secondary N) is 2. The second kappa shape index (κ2) is 3.56. The van der Waals surface area contributed by atoms with Crippen molar-refractivity contribution in [1.82, 2.24) is 9.80 Å². The predicted octanol–water partition coefficient (Wildman–Crippen LogP) is 0.751. The van der Waals surface area contributed by atoms with Crippen LogP contribution in [0.2, 0.25) is 0 Å². The van der Waals surface area contributed by atoms with Gasteiger partial charge in [0.25, 0.3) is 0 Å². The molecule has 7 heteroatoms. The van der Waals surface area contributed by atoms with Gasteiger partial charge in [0.15, 0.2) is 0 Å². The SMILES string of the molecule is CN1CCN(C(=N)C(F)(F)F)C(=N)C1. The van der Waals surface area contributed by atoms with Crippen molar-refractivity contribution in [2.24, 2.45) is 0 Å². The highest BCUT2D eigenvalue weighted by atomic mass is 19.4. The molecule has 1 aliphatic rings. The Kier molecular flexibility index (Phi) is 2.79. The van der Waals surface area contributed by atoms with Crippen LogP contribution in [0.3, 0.4) is 0 Å². The standard InChI is InChI=1S/C7H11F3N4/c1-13-2-3-14(5(11)4-13)6(12)7(8,9)10/h11-12H,2-4H2,1H3. The van der Waals surface area contributed by atoms with Gasteiger partial charge in [-0.15, -0.1) is 0 Å². The van der Waals surface area contributed by atoms with Crippen LogP contribution in [0, 0.1) is 10.8 Å². The van der Waals surface area contributed by atoms with E-state index in [2.05, 4.69) is 0 Å². The fraction of sp³-hybridized carbons (Fsp3) is 0.714. The van der Waals surface area contributed by atoms with E-state index < -0.39 is 12.0 Å². The summed E-state index contributed by atoms with van der Waals surface area (Å²) in [4.78, 5) is 2.43. The van der Waals surface area contributed by atoms with E-state index in [0.717, 1.165) is 0 Å². The minimum atomic E-state index is -4.66. The molecule has 0 aromatic carbocycles. The van der Waals surface area contributed by atoms with Crippen molar-refractivity contribution in [3.05, 3.63) is 0 Å². The zero-order chi connectivity index (χ0) is 10.9. The highest BCUT2D eigenvalue weighted by Gasteiger charge is 2.40. The smallest absolute Gasteiger partial charge is 0.309 e. The van der Waals surface area contributed by atoms with Crippen LogP contribution in [0.15, 0.2) is 0 Å². The van der Waals surface area contributed by atoms with E-state index in [0.29, 0.717) is 11.4 Å². The van der Waals surface area contributed by atoms with Gasteiger partial charge in [0.1, 0.15) is 5.84 Å². The Labute approximate surface area is 79.3 Å². The molecule has 0 saturated carbocycles. The molecule has 0 unspecified atom stereocenters. The lowest BCUT2D eigenvalue weighted by atomic mass is 10.3. The van der Waals surface area contributed by atoms with Crippen LogP contribution >= 0.6 is 0 Å². The summed E-state index contributed by atoms with van der Waals surface area (Å²) in [5.74, 6) is -1.63. The third-order valence-electron chi connectivity index (χ3n) is 1.99. The summed E-state index contributed by atoms with van der Waals surface area (Å²) in [6.07, 6.45) is -4.66. The van der Waals surface area contributed by atoms with Crippen molar-refractivity contribution < 1.29 is 13.2 Å². The quantitative estimate of drug-likeness (QED) is 0.456. The summed E-state index contributed by atoms with van der Waals surface area (Å²) >= 11 is 0. The number of amidine groups is 2. The Bertz CT molecular complexity index is 260. The van der Waals surface area contributed by atoms with Crippen LogP contribution in [0.1, 0.15) is 0 Å². The first-order chi connectivity index (χ1) is 6.32. The third kappa shape index (κ3) is 2.22. The zero-order valence-corrected chi connectivity index (χ0v) is 7.65. The fourth-order valence-corrected chi connectivity index (χ4v) is 1.23. The summed E-state index contributed by atoms with van der Waals surface area (Å²) in [5, 5.41) is 14.2. The molecule has 2 N–H and O–H groups in total. The van der Waals surface area contributed by atoms with Crippen molar-refractivity contribution in [2.75, 3.05) is 26.7 Å². The van der Waals surface area contributed by atoms with Gasteiger partial charge in [-0.05, 0) is 7.05 Å². The molecule has 0 spiro atoms. The normalized spacial score (nSPS) is 20.0. The fourth-order valence-electron chi connectivity index (χ4n) is 1.23. The molecule has 0 bridgehead atoms. The highest BCUT2D eigenvalue weighted by Crippen LogP contribution is 2.20. The number of hydrogen-bond acceptors (Lipinski definition) is 3. The lowest BCUT2D eigenvalue weighted by Crippen LogP contribution is -2.54. The highest BCUT2D eigenvalue weighted by molar-refractivity contribution is 6.01. The molecule has 14 heavy (non-hydrogen) atoms. The van der Waals surface area contributed by atoms with Gasteiger partial charge in [-0.1, -0.05) is 0 Å². The molecule has 1 saturated heterocycles. The van der Waals surface area contributed by atoms with Gasteiger partial charge >= 0.3 is 6.18 Å². The maximum Gasteiger partial charge on any atom is 0.449 e. The summed E-state index contributed by atoms with van der Waals surface area (Å²) in [6, 6.07) is 0. The summed E-state index contributed by atoms with van der Waals surface area (Å²) in [5.41, 5.74) is 0. The Hall–Kier alpha value is -1.11. The number of hydrogen-bond donors (Lipinski definition) is 2. The maximum atomic E-state index is 12.1. The summed E-state index contributed by atoms with van der Waals surface area (Å²) in [7, 11) is 1.73. The molecule has 4 nitrogen and oxygen atoms in total. The van der Waals surface area contributed by atoms with E-state index in [9.17, 15) is 13.2 Å². The first-order valence-electron chi connectivity index (χ1n) is 4.01. The van der Waals surface area contributed by atoms with Gasteiger partial charge in [-0.25, -0.2) is 0 Å². The lowest BCUT2D eigenvalue weighted by molar-refractivity contribution is -0.0676. The van der Waals surface area contributed by atoms with Gasteiger partial charge in [-0.2, -0.15) is 13.2 Å². The van der Waals surface area contributed by atoms with Gasteiger partial charge in [-0.3, -0.25) is 15.7 Å². The Morgan fingerprint density at radius 3 is 2.36 bits per heavy atom. The monoisotopic (exact) mass is 208 g/mol. The molecule has 1 heterocycles. The molecule has 1 fully saturated rings. The van der Waals surface area contributed by atoms with E-state index in [4.69, 9.17) is 10.8 Å². The van der Waals surface area contributed by atoms with Crippen LogP contribution in [0.25, 0.3) is 0 Å². The Morgan fingerprint density at radius 2 is 1.93 bits per heavy atom. The molecular weight excluding hydrogens is 197 g/mol. The Balaban J connectivity index is 2.70. The van der Waals surface area contributed by atoms with Crippen molar-refractivity contribution in [3.8, 4) is 0 Å². The number of alkyl halides is 3. The number of rotatable bonds is 0. The van der Waals surface area contributed by atoms with Gasteiger partial charge in [0, 0.05) is 13.1 Å². The van der Waals surface area contributed by atoms with Crippen LogP contribution in [0.4, 0.5) is 13.2 Å². The van der Waals surface area contributed by atoms with Crippen LogP contribution in [-0.2, 0) is 0 Å². The molecule has 0 aromatic rings. The predicted molar refractivity (Wildman–Crippen MR) is 45.7 cm³/mol. The number of nitrogens with zero attached hydrogens (tertiary/aromatic N) is 2. The third-order valence-corrected chi connectivity index (χ3v) is 1.99. The molecule has 0 aromatic heterocycles. The van der Waals surface area contributed by atoms with Crippen LogP contribution < -0.4 is 0 Å². The summed E-state index contributed by atoms with van der Waals surface area (Å²) < 4.78 is 36.4. The van der Waals surface area contributed by atoms with Crippen molar-refractivity contribution >= 4 is 11.7 Å². The topological polar surface area (TPSA) is 54.2 Å². The Morgan fingerprint density at radius 1 is 1.36 bits per heavy atom. The largest absolute Gasteiger partial charge is 0.449 e. The number of piperazine rings is 1. The van der Waals surface area contributed by atoms with Gasteiger partial charge < -0.3 is 4.90 Å². The molecule has 1 aliphatic heterocycles. The first-order valence-corrected chi connectivity index (χ1v) is 4.01. The van der Waals surface area contributed by atoms with Gasteiger partial charge in [0.2, 0.25) is 5.84 Å². The van der Waals surface area contributed by atoms with E-state index in [1.807, 2.05) is 0 Å². The molecule has 1 rings (SSSR count). The zero-order valence-electron chi connectivity index (χ0n) is 7.65. The van der Waals surface area contributed by atoms with E-state index in [-0.39, 0.29) is 18.9 Å². The molecule has 80 valence electrons. The lowest BCUT2D eigenvalue weighted by Gasteiger charge is -2.34. The minimum absolute atomic E-state index is 0.0493. The second-order valence-electron chi connectivity index (χ2n) is 3.18. The van der Waals surface area contributed by atoms with E-state index >= 15 is 0 Å². The molecule has 0 radical (unpaired) electrons. The van der Waals surface area contributed by atoms with Gasteiger partial charge in [0.05, 0.1) is 6.54 Å². The number of likely N-dealkylation sites (N-methyl/N-ethyl adjacent to an activating group) is 1. The van der Waals surface area contributed by atoms with Crippen LogP contribution in [-0.4, -0.2) is 54.3 Å². The minimum Gasteiger partial charge on any atom is -0.309 e. The van der Waals surface area contributed by atoms with E-state index in [1.54, 1.807) is 11.9 Å². The molecule has 0 atom stereocenters. The van der Waals surface area contributed by atoms with Crippen LogP contribution in [0.5, 0.6) is 0 Å². The second-order valence-corrected chi connectivity index (χ2v) is 3.18. The first kappa shape index (κ1) is 11.0. The number of halogens is 3. The average Bonchev–Trinajstić information content (AvgIpc) is 2.01.